The second-order valence-corrected chi connectivity index (χ2v) is 4.76. The van der Waals surface area contributed by atoms with E-state index in [0.29, 0.717) is 0 Å². The van der Waals surface area contributed by atoms with Crippen LogP contribution in [-0.2, 0) is 25.8 Å². The summed E-state index contributed by atoms with van der Waals surface area (Å²) in [5.74, 6) is 0.722. The molecular weight excluding hydrogens is 394 g/mol. The second-order valence-electron chi connectivity index (χ2n) is 4.23. The molecule has 0 nitrogen and oxygen atoms in total. The van der Waals surface area contributed by atoms with Crippen molar-refractivity contribution in [2.24, 2.45) is 0 Å². The van der Waals surface area contributed by atoms with Gasteiger partial charge in [0.05, 0.1) is 0 Å². The van der Waals surface area contributed by atoms with Gasteiger partial charge in [-0.2, -0.15) is 0 Å². The van der Waals surface area contributed by atoms with Crippen molar-refractivity contribution in [2.75, 3.05) is 5.88 Å². The van der Waals surface area contributed by atoms with Crippen LogP contribution in [0.2, 0.25) is 0 Å². The third-order valence-corrected chi connectivity index (χ3v) is 3.01. The Balaban J connectivity index is 0.000000583. The van der Waals surface area contributed by atoms with Crippen molar-refractivity contribution in [3.05, 3.63) is 46.6 Å². The molecule has 0 heterocycles. The molecule has 0 aromatic rings. The summed E-state index contributed by atoms with van der Waals surface area (Å²) in [4.78, 5) is 0. The number of hydrogen-bond donors (Lipinski definition) is 0. The van der Waals surface area contributed by atoms with Crippen LogP contribution in [-0.4, -0.2) is 5.88 Å². The van der Waals surface area contributed by atoms with Gasteiger partial charge in [-0.15, -0.1) is 11.6 Å². The van der Waals surface area contributed by atoms with Crippen LogP contribution in [0.5, 0.6) is 0 Å². The first kappa shape index (κ1) is 17.1. The van der Waals surface area contributed by atoms with Gasteiger partial charge in [-0.05, 0) is 33.1 Å². The Morgan fingerprint density at radius 1 is 1.00 bits per heavy atom. The largest absolute Gasteiger partial charge is 4.00 e. The maximum Gasteiger partial charge on any atom is 4.00 e. The fourth-order valence-electron chi connectivity index (χ4n) is 1.99. The average molecular weight is 415 g/mol. The Morgan fingerprint density at radius 2 is 1.35 bits per heavy atom. The maximum atomic E-state index is 5.00. The molecule has 2 heteroatoms. The maximum absolute atomic E-state index is 5.00. The number of alkyl halides is 1. The average Bonchev–Trinajstić information content (AvgIpc) is 2.80. The molecule has 0 saturated heterocycles. The first-order valence-electron chi connectivity index (χ1n) is 5.95. The summed E-state index contributed by atoms with van der Waals surface area (Å²) in [5.41, 5.74) is 6.18. The minimum atomic E-state index is 0. The van der Waals surface area contributed by atoms with E-state index in [9.17, 15) is 0 Å². The van der Waals surface area contributed by atoms with Crippen LogP contribution < -0.4 is 0 Å². The monoisotopic (exact) mass is 416 g/mol. The molecule has 0 spiro atoms. The minimum Gasteiger partial charge on any atom is -0.127 e. The summed E-state index contributed by atoms with van der Waals surface area (Å²) in [6, 6.07) is 0. The Morgan fingerprint density at radius 3 is 1.59 bits per heavy atom. The zero-order chi connectivity index (χ0) is 12.0. The molecule has 0 radical (unpaired) electrons. The summed E-state index contributed by atoms with van der Waals surface area (Å²) < 4.78 is 0. The molecule has 0 amide bonds. The number of allylic oxidation sites excluding steroid dienone is 8. The van der Waals surface area contributed by atoms with Gasteiger partial charge in [0.15, 0.2) is 0 Å². The molecule has 0 aromatic heterocycles. The Kier molecular flexibility index (Phi) is 9.17. The topological polar surface area (TPSA) is 0 Å². The molecule has 0 bridgehead atoms. The van der Waals surface area contributed by atoms with Gasteiger partial charge in [0.2, 0.25) is 0 Å². The standard InChI is InChI=1S/C13H16.C2H5Cl.Hf/c1-10-5-3-7-12(10)9-13-8-4-6-11(13)2;1-2-3;/h3-6H,7-9H2,1-2H3;2H2,1H3;/q;;+4. The van der Waals surface area contributed by atoms with E-state index < -0.39 is 0 Å². The summed E-state index contributed by atoms with van der Waals surface area (Å²) in [7, 11) is 0. The van der Waals surface area contributed by atoms with E-state index in [1.807, 2.05) is 6.92 Å². The van der Waals surface area contributed by atoms with E-state index >= 15 is 0 Å². The van der Waals surface area contributed by atoms with Crippen LogP contribution >= 0.6 is 11.6 Å². The molecule has 88 valence electrons. The third-order valence-electron chi connectivity index (χ3n) is 3.01. The quantitative estimate of drug-likeness (QED) is 0.431. The van der Waals surface area contributed by atoms with Crippen molar-refractivity contribution in [2.45, 2.75) is 40.0 Å². The SMILES string of the molecule is CC1=C(CC2=C(C)C=CC2)CC=C1.CCCl.[Hf+4]. The molecule has 0 atom stereocenters. The van der Waals surface area contributed by atoms with E-state index in [1.165, 1.54) is 30.4 Å². The predicted molar refractivity (Wildman–Crippen MR) is 73.9 cm³/mol. The van der Waals surface area contributed by atoms with Crippen molar-refractivity contribution in [3.63, 3.8) is 0 Å². The number of hydrogen-bond acceptors (Lipinski definition) is 0. The first-order chi connectivity index (χ1) is 7.69. The first-order valence-corrected chi connectivity index (χ1v) is 6.48. The minimum absolute atomic E-state index is 0. The Hall–Kier alpha value is 0.120. The molecule has 2 aliphatic rings. The fourth-order valence-corrected chi connectivity index (χ4v) is 1.99. The normalized spacial score (nSPS) is 17.2. The Labute approximate surface area is 129 Å². The van der Waals surface area contributed by atoms with Crippen molar-refractivity contribution in [3.8, 4) is 0 Å². The van der Waals surface area contributed by atoms with Crippen molar-refractivity contribution in [1.82, 2.24) is 0 Å². The molecule has 2 rings (SSSR count). The fraction of sp³-hybridized carbons (Fsp3) is 0.467. The van der Waals surface area contributed by atoms with E-state index in [4.69, 9.17) is 11.6 Å². The third kappa shape index (κ3) is 5.52. The van der Waals surface area contributed by atoms with Crippen molar-refractivity contribution in [1.29, 1.82) is 0 Å². The van der Waals surface area contributed by atoms with Gasteiger partial charge < -0.3 is 0 Å². The summed E-state index contributed by atoms with van der Waals surface area (Å²) in [6.07, 6.45) is 12.6. The molecule has 0 aromatic carbocycles. The summed E-state index contributed by atoms with van der Waals surface area (Å²) in [6.45, 7) is 6.33. The zero-order valence-corrected chi connectivity index (χ0v) is 15.4. The van der Waals surface area contributed by atoms with Crippen molar-refractivity contribution >= 4 is 11.6 Å². The van der Waals surface area contributed by atoms with Gasteiger partial charge >= 0.3 is 25.8 Å². The van der Waals surface area contributed by atoms with Crippen LogP contribution in [0.4, 0.5) is 0 Å². The van der Waals surface area contributed by atoms with Gasteiger partial charge in [-0.3, -0.25) is 0 Å². The molecule has 0 saturated carbocycles. The van der Waals surface area contributed by atoms with Gasteiger partial charge in [0.1, 0.15) is 0 Å². The van der Waals surface area contributed by atoms with E-state index in [-0.39, 0.29) is 25.8 Å². The summed E-state index contributed by atoms with van der Waals surface area (Å²) in [5, 5.41) is 0. The van der Waals surface area contributed by atoms with Crippen LogP contribution in [0, 0.1) is 0 Å². The van der Waals surface area contributed by atoms with Gasteiger partial charge in [0.25, 0.3) is 0 Å². The van der Waals surface area contributed by atoms with Crippen LogP contribution in [0.3, 0.4) is 0 Å². The van der Waals surface area contributed by atoms with E-state index in [0.717, 1.165) is 5.88 Å². The smallest absolute Gasteiger partial charge is 0.127 e. The van der Waals surface area contributed by atoms with E-state index in [1.54, 1.807) is 11.1 Å². The molecule has 0 unspecified atom stereocenters. The zero-order valence-electron chi connectivity index (χ0n) is 11.0. The Bertz CT molecular complexity index is 325. The summed E-state index contributed by atoms with van der Waals surface area (Å²) >= 11 is 5.00. The molecular formula is C15H21ClHf+4. The number of rotatable bonds is 2. The molecule has 0 N–H and O–H groups in total. The van der Waals surface area contributed by atoms with Crippen molar-refractivity contribution < 1.29 is 25.8 Å². The van der Waals surface area contributed by atoms with E-state index in [2.05, 4.69) is 38.2 Å². The second kappa shape index (κ2) is 9.10. The van der Waals surface area contributed by atoms with Gasteiger partial charge in [0, 0.05) is 5.88 Å². The molecule has 0 fully saturated rings. The molecule has 17 heavy (non-hydrogen) atoms. The van der Waals surface area contributed by atoms with Gasteiger partial charge in [-0.25, -0.2) is 0 Å². The van der Waals surface area contributed by atoms with Crippen LogP contribution in [0.1, 0.15) is 40.0 Å². The van der Waals surface area contributed by atoms with Crippen LogP contribution in [0.25, 0.3) is 0 Å². The predicted octanol–water partition coefficient (Wildman–Crippen LogP) is 5.17. The number of halogens is 1. The van der Waals surface area contributed by atoms with Gasteiger partial charge in [-0.1, -0.05) is 53.5 Å². The van der Waals surface area contributed by atoms with Crippen LogP contribution in [0.15, 0.2) is 46.6 Å². The molecule has 0 aliphatic heterocycles. The molecule has 2 aliphatic carbocycles.